The van der Waals surface area contributed by atoms with Crippen LogP contribution in [0.1, 0.15) is 80.1 Å². The second-order valence-electron chi connectivity index (χ2n) is 9.38. The average molecular weight is 421 g/mol. The van der Waals surface area contributed by atoms with Gasteiger partial charge in [0, 0.05) is 23.5 Å². The van der Waals surface area contributed by atoms with E-state index in [0.29, 0.717) is 35.0 Å². The number of likely N-dealkylation sites (tertiary alicyclic amines) is 1. The minimum Gasteiger partial charge on any atom is -0.463 e. The summed E-state index contributed by atoms with van der Waals surface area (Å²) >= 11 is 0. The Morgan fingerprint density at radius 3 is 2.68 bits per heavy atom. The minimum absolute atomic E-state index is 0.182. The van der Waals surface area contributed by atoms with E-state index in [1.54, 1.807) is 6.26 Å². The second kappa shape index (κ2) is 8.15. The van der Waals surface area contributed by atoms with E-state index in [4.69, 9.17) is 4.42 Å². The molecule has 0 radical (unpaired) electrons. The first-order valence-electron chi connectivity index (χ1n) is 11.6. The van der Waals surface area contributed by atoms with Crippen molar-refractivity contribution < 1.29 is 9.21 Å². The van der Waals surface area contributed by atoms with Crippen LogP contribution in [-0.4, -0.2) is 40.1 Å². The van der Waals surface area contributed by atoms with Gasteiger partial charge in [-0.05, 0) is 101 Å². The number of rotatable bonds is 7. The average Bonchev–Trinajstić information content (AvgIpc) is 3.03. The Morgan fingerprint density at radius 1 is 1.23 bits per heavy atom. The van der Waals surface area contributed by atoms with Crippen molar-refractivity contribution in [3.05, 3.63) is 52.2 Å². The van der Waals surface area contributed by atoms with E-state index >= 15 is 0 Å². The summed E-state index contributed by atoms with van der Waals surface area (Å²) in [4.78, 5) is 18.7. The molecule has 2 fully saturated rings. The Morgan fingerprint density at radius 2 is 2.00 bits per heavy atom. The molecular weight excluding hydrogens is 388 g/mol. The van der Waals surface area contributed by atoms with Gasteiger partial charge in [-0.3, -0.25) is 9.69 Å². The van der Waals surface area contributed by atoms with Gasteiger partial charge in [-0.15, -0.1) is 0 Å². The molecule has 2 atom stereocenters. The molecule has 0 aromatic carbocycles. The molecule has 3 aliphatic rings. The zero-order chi connectivity index (χ0) is 21.5. The lowest BCUT2D eigenvalue weighted by Crippen LogP contribution is -2.33. The van der Waals surface area contributed by atoms with Gasteiger partial charge in [-0.25, -0.2) is 5.43 Å². The third-order valence-electron chi connectivity index (χ3n) is 7.17. The van der Waals surface area contributed by atoms with Gasteiger partial charge in [0.15, 0.2) is 5.76 Å². The molecule has 2 aromatic heterocycles. The van der Waals surface area contributed by atoms with Gasteiger partial charge in [-0.1, -0.05) is 0 Å². The molecule has 164 valence electrons. The number of carbonyl (C=O) groups is 1. The monoisotopic (exact) mass is 420 g/mol. The fourth-order valence-electron chi connectivity index (χ4n) is 5.33. The highest BCUT2D eigenvalue weighted by Crippen LogP contribution is 2.45. The Hall–Kier alpha value is -2.60. The number of hydrazone groups is 1. The molecule has 6 heteroatoms. The molecule has 1 saturated heterocycles. The number of aromatic amines is 1. The van der Waals surface area contributed by atoms with Crippen LogP contribution in [-0.2, 0) is 11.2 Å². The molecule has 4 heterocycles. The lowest BCUT2D eigenvalue weighted by Gasteiger charge is -2.25. The topological polar surface area (TPSA) is 73.6 Å². The number of furan rings is 1. The highest BCUT2D eigenvalue weighted by molar-refractivity contribution is 6.32. The SMILES string of the molecule is Cc1[nH]c(/C=C2/C(=O)NN=C2c2ccco2)c(C2CC2)c1CCCN1C(C)CCC1C. The number of H-pyrrole nitrogens is 1. The van der Waals surface area contributed by atoms with E-state index < -0.39 is 0 Å². The summed E-state index contributed by atoms with van der Waals surface area (Å²) in [5.74, 6) is 1.03. The fourth-order valence-corrected chi connectivity index (χ4v) is 5.33. The van der Waals surface area contributed by atoms with Crippen LogP contribution >= 0.6 is 0 Å². The molecule has 6 nitrogen and oxygen atoms in total. The normalized spacial score (nSPS) is 25.5. The van der Waals surface area contributed by atoms with Crippen molar-refractivity contribution in [2.75, 3.05) is 6.54 Å². The number of carbonyl (C=O) groups excluding carboxylic acids is 1. The van der Waals surface area contributed by atoms with Crippen LogP contribution in [0.2, 0.25) is 0 Å². The molecule has 0 bridgehead atoms. The van der Waals surface area contributed by atoms with Crippen LogP contribution < -0.4 is 5.43 Å². The largest absolute Gasteiger partial charge is 0.463 e. The summed E-state index contributed by atoms with van der Waals surface area (Å²) in [5.41, 5.74) is 8.86. The molecule has 1 aliphatic carbocycles. The fraction of sp³-hybridized carbons (Fsp3) is 0.520. The van der Waals surface area contributed by atoms with Crippen LogP contribution in [0.5, 0.6) is 0 Å². The van der Waals surface area contributed by atoms with Crippen molar-refractivity contribution in [1.29, 1.82) is 0 Å². The van der Waals surface area contributed by atoms with E-state index in [9.17, 15) is 4.79 Å². The highest BCUT2D eigenvalue weighted by atomic mass is 16.3. The predicted molar refractivity (Wildman–Crippen MR) is 122 cm³/mol. The Labute approximate surface area is 183 Å². The Balaban J connectivity index is 1.40. The van der Waals surface area contributed by atoms with Crippen molar-refractivity contribution in [2.24, 2.45) is 5.10 Å². The third-order valence-corrected chi connectivity index (χ3v) is 7.17. The van der Waals surface area contributed by atoms with E-state index in [2.05, 4.69) is 41.2 Å². The first-order chi connectivity index (χ1) is 15.0. The van der Waals surface area contributed by atoms with Crippen molar-refractivity contribution in [2.45, 2.75) is 77.3 Å². The molecule has 2 N–H and O–H groups in total. The van der Waals surface area contributed by atoms with Gasteiger partial charge in [0.25, 0.3) is 5.91 Å². The zero-order valence-electron chi connectivity index (χ0n) is 18.7. The summed E-state index contributed by atoms with van der Waals surface area (Å²) in [6, 6.07) is 5.05. The van der Waals surface area contributed by atoms with Gasteiger partial charge in [-0.2, -0.15) is 5.10 Å². The Bertz CT molecular complexity index is 1020. The Kier molecular flexibility index (Phi) is 5.34. The van der Waals surface area contributed by atoms with Gasteiger partial charge < -0.3 is 9.40 Å². The molecular formula is C25H32N4O2. The van der Waals surface area contributed by atoms with Crippen LogP contribution in [0.4, 0.5) is 0 Å². The van der Waals surface area contributed by atoms with Gasteiger partial charge >= 0.3 is 0 Å². The number of nitrogens with zero attached hydrogens (tertiary/aromatic N) is 2. The van der Waals surface area contributed by atoms with Crippen LogP contribution in [0.3, 0.4) is 0 Å². The van der Waals surface area contributed by atoms with E-state index in [0.717, 1.165) is 18.7 Å². The summed E-state index contributed by atoms with van der Waals surface area (Å²) in [7, 11) is 0. The summed E-state index contributed by atoms with van der Waals surface area (Å²) in [6.45, 7) is 8.04. The molecule has 2 unspecified atom stereocenters. The molecule has 1 amide bonds. The second-order valence-corrected chi connectivity index (χ2v) is 9.38. The zero-order valence-corrected chi connectivity index (χ0v) is 18.7. The van der Waals surface area contributed by atoms with Crippen LogP contribution in [0.25, 0.3) is 6.08 Å². The molecule has 1 saturated carbocycles. The first kappa shape index (κ1) is 20.3. The molecule has 2 aliphatic heterocycles. The lowest BCUT2D eigenvalue weighted by atomic mass is 9.98. The number of aromatic nitrogens is 1. The maximum atomic E-state index is 12.5. The smallest absolute Gasteiger partial charge is 0.273 e. The molecule has 2 aromatic rings. The van der Waals surface area contributed by atoms with Gasteiger partial charge in [0.2, 0.25) is 0 Å². The highest BCUT2D eigenvalue weighted by Gasteiger charge is 2.33. The van der Waals surface area contributed by atoms with Crippen molar-refractivity contribution >= 4 is 17.7 Å². The maximum absolute atomic E-state index is 12.5. The summed E-state index contributed by atoms with van der Waals surface area (Å²) < 4.78 is 5.49. The quantitative estimate of drug-likeness (QED) is 0.647. The molecule has 0 spiro atoms. The van der Waals surface area contributed by atoms with Gasteiger partial charge in [0.05, 0.1) is 11.8 Å². The van der Waals surface area contributed by atoms with Gasteiger partial charge in [0.1, 0.15) is 5.71 Å². The van der Waals surface area contributed by atoms with E-state index in [1.165, 1.54) is 48.9 Å². The van der Waals surface area contributed by atoms with Crippen molar-refractivity contribution in [3.63, 3.8) is 0 Å². The first-order valence-corrected chi connectivity index (χ1v) is 11.6. The lowest BCUT2D eigenvalue weighted by molar-refractivity contribution is -0.116. The number of amides is 1. The standard InChI is InChI=1S/C25H32N4O2/c1-15-8-9-16(2)29(15)12-4-6-19-17(3)26-21(23(19)18-10-11-18)14-20-24(27-28-25(20)30)22-7-5-13-31-22/h5,7,13-16,18,26H,4,6,8-12H2,1-3H3,(H,28,30)/b20-14+. The molecule has 5 rings (SSSR count). The van der Waals surface area contributed by atoms with Crippen LogP contribution in [0, 0.1) is 6.92 Å². The van der Waals surface area contributed by atoms with Crippen LogP contribution in [0.15, 0.2) is 33.5 Å². The third kappa shape index (κ3) is 3.89. The number of hydrogen-bond acceptors (Lipinski definition) is 4. The number of aryl methyl sites for hydroxylation is 1. The summed E-state index contributed by atoms with van der Waals surface area (Å²) in [6.07, 6.45) is 10.9. The number of hydrogen-bond donors (Lipinski definition) is 2. The van der Waals surface area contributed by atoms with Crippen molar-refractivity contribution in [1.82, 2.24) is 15.3 Å². The number of nitrogens with one attached hydrogen (secondary N) is 2. The van der Waals surface area contributed by atoms with E-state index in [-0.39, 0.29) is 5.91 Å². The maximum Gasteiger partial charge on any atom is 0.273 e. The predicted octanol–water partition coefficient (Wildman–Crippen LogP) is 4.52. The summed E-state index contributed by atoms with van der Waals surface area (Å²) in [5, 5.41) is 4.20. The van der Waals surface area contributed by atoms with Crippen molar-refractivity contribution in [3.8, 4) is 0 Å². The minimum atomic E-state index is -0.182. The van der Waals surface area contributed by atoms with E-state index in [1.807, 2.05) is 18.2 Å². The molecule has 31 heavy (non-hydrogen) atoms.